The molecule has 1 N–H and O–H groups in total. The van der Waals surface area contributed by atoms with Crippen molar-refractivity contribution in [3.05, 3.63) is 35.9 Å². The van der Waals surface area contributed by atoms with Gasteiger partial charge in [-0.15, -0.1) is 0 Å². The molecule has 0 radical (unpaired) electrons. The second-order valence-corrected chi connectivity index (χ2v) is 6.98. The standard InChI is InChI=1S/C18H27NOS/c1-4-21-18(15-8-6-5-7-9-15)14(2)19-16-10-12-17(20-3)13-11-16/h8,10-14,18-19H,4-7,9H2,1-3H3. The fourth-order valence-corrected chi connectivity index (χ4v) is 4.04. The number of thioether (sulfide) groups is 1. The lowest BCUT2D eigenvalue weighted by atomic mass is 9.94. The Hall–Kier alpha value is -1.09. The van der Waals surface area contributed by atoms with E-state index in [-0.39, 0.29) is 0 Å². The number of anilines is 1. The Morgan fingerprint density at radius 1 is 1.24 bits per heavy atom. The van der Waals surface area contributed by atoms with E-state index >= 15 is 0 Å². The molecule has 2 nitrogen and oxygen atoms in total. The SMILES string of the molecule is CCSC(C1=CCCCC1)C(C)Nc1ccc(OC)cc1. The van der Waals surface area contributed by atoms with Crippen LogP contribution in [0.25, 0.3) is 0 Å². The summed E-state index contributed by atoms with van der Waals surface area (Å²) in [5.74, 6) is 2.07. The minimum absolute atomic E-state index is 0.438. The third-order valence-corrected chi connectivity index (χ3v) is 5.38. The van der Waals surface area contributed by atoms with Gasteiger partial charge in [-0.25, -0.2) is 0 Å². The third kappa shape index (κ3) is 4.70. The highest BCUT2D eigenvalue weighted by Gasteiger charge is 2.22. The summed E-state index contributed by atoms with van der Waals surface area (Å²) < 4.78 is 5.21. The van der Waals surface area contributed by atoms with Gasteiger partial charge in [-0.3, -0.25) is 0 Å². The molecular weight excluding hydrogens is 278 g/mol. The molecule has 1 aromatic carbocycles. The highest BCUT2D eigenvalue weighted by atomic mass is 32.2. The van der Waals surface area contributed by atoms with E-state index in [0.29, 0.717) is 11.3 Å². The number of nitrogens with one attached hydrogen (secondary N) is 1. The van der Waals surface area contributed by atoms with Crippen molar-refractivity contribution in [2.24, 2.45) is 0 Å². The van der Waals surface area contributed by atoms with E-state index in [9.17, 15) is 0 Å². The molecule has 0 fully saturated rings. The molecule has 2 atom stereocenters. The molecule has 1 aromatic rings. The largest absolute Gasteiger partial charge is 0.497 e. The Balaban J connectivity index is 2.03. The van der Waals surface area contributed by atoms with Crippen molar-refractivity contribution in [3.8, 4) is 5.75 Å². The molecule has 1 aliphatic carbocycles. The highest BCUT2D eigenvalue weighted by Crippen LogP contribution is 2.31. The van der Waals surface area contributed by atoms with Crippen LogP contribution in [0.5, 0.6) is 5.75 Å². The van der Waals surface area contributed by atoms with Crippen LogP contribution in [0.15, 0.2) is 35.9 Å². The van der Waals surface area contributed by atoms with Gasteiger partial charge in [-0.2, -0.15) is 11.8 Å². The minimum Gasteiger partial charge on any atom is -0.497 e. The maximum absolute atomic E-state index is 5.21. The number of rotatable bonds is 7. The summed E-state index contributed by atoms with van der Waals surface area (Å²) in [7, 11) is 1.70. The number of methoxy groups -OCH3 is 1. The van der Waals surface area contributed by atoms with Crippen LogP contribution in [-0.4, -0.2) is 24.2 Å². The molecular formula is C18H27NOS. The Morgan fingerprint density at radius 3 is 2.57 bits per heavy atom. The highest BCUT2D eigenvalue weighted by molar-refractivity contribution is 8.00. The Morgan fingerprint density at radius 2 is 2.00 bits per heavy atom. The van der Waals surface area contributed by atoms with Crippen molar-refractivity contribution in [1.29, 1.82) is 0 Å². The van der Waals surface area contributed by atoms with Gasteiger partial charge in [0.25, 0.3) is 0 Å². The van der Waals surface area contributed by atoms with Crippen molar-refractivity contribution in [2.45, 2.75) is 50.8 Å². The van der Waals surface area contributed by atoms with Crippen LogP contribution in [0, 0.1) is 0 Å². The molecule has 2 rings (SSSR count). The fourth-order valence-electron chi connectivity index (χ4n) is 2.90. The van der Waals surface area contributed by atoms with E-state index in [4.69, 9.17) is 4.74 Å². The van der Waals surface area contributed by atoms with Crippen molar-refractivity contribution in [3.63, 3.8) is 0 Å². The maximum Gasteiger partial charge on any atom is 0.119 e. The Labute approximate surface area is 133 Å². The van der Waals surface area contributed by atoms with Crippen molar-refractivity contribution in [2.75, 3.05) is 18.2 Å². The topological polar surface area (TPSA) is 21.3 Å². The molecule has 0 aromatic heterocycles. The van der Waals surface area contributed by atoms with Gasteiger partial charge in [-0.05, 0) is 62.6 Å². The van der Waals surface area contributed by atoms with Crippen molar-refractivity contribution in [1.82, 2.24) is 0 Å². The normalized spacial score (nSPS) is 17.8. The number of allylic oxidation sites excluding steroid dienone is 1. The monoisotopic (exact) mass is 305 g/mol. The fraction of sp³-hybridized carbons (Fsp3) is 0.556. The van der Waals surface area contributed by atoms with E-state index in [1.54, 1.807) is 12.7 Å². The molecule has 0 amide bonds. The van der Waals surface area contributed by atoms with E-state index in [0.717, 1.165) is 11.5 Å². The van der Waals surface area contributed by atoms with Gasteiger partial charge in [0.05, 0.1) is 7.11 Å². The lowest BCUT2D eigenvalue weighted by Crippen LogP contribution is -2.30. The van der Waals surface area contributed by atoms with Crippen LogP contribution >= 0.6 is 11.8 Å². The quantitative estimate of drug-likeness (QED) is 0.707. The summed E-state index contributed by atoms with van der Waals surface area (Å²) >= 11 is 2.06. The summed E-state index contributed by atoms with van der Waals surface area (Å²) in [5.41, 5.74) is 2.81. The van der Waals surface area contributed by atoms with Crippen LogP contribution in [0.1, 0.15) is 39.5 Å². The summed E-state index contributed by atoms with van der Waals surface area (Å²) in [4.78, 5) is 0. The second-order valence-electron chi connectivity index (χ2n) is 5.56. The molecule has 0 saturated heterocycles. The Bertz CT molecular complexity index is 455. The van der Waals surface area contributed by atoms with Crippen molar-refractivity contribution < 1.29 is 4.74 Å². The zero-order valence-electron chi connectivity index (χ0n) is 13.4. The number of benzene rings is 1. The lowest BCUT2D eigenvalue weighted by Gasteiger charge is -2.29. The molecule has 0 heterocycles. The molecule has 3 heteroatoms. The van der Waals surface area contributed by atoms with Gasteiger partial charge in [0.1, 0.15) is 5.75 Å². The van der Waals surface area contributed by atoms with Gasteiger partial charge in [0.15, 0.2) is 0 Å². The van der Waals surface area contributed by atoms with Gasteiger partial charge in [-0.1, -0.05) is 18.6 Å². The number of ether oxygens (including phenoxy) is 1. The molecule has 2 unspecified atom stereocenters. The first-order valence-electron chi connectivity index (χ1n) is 7.95. The predicted molar refractivity (Wildman–Crippen MR) is 94.5 cm³/mol. The van der Waals surface area contributed by atoms with Gasteiger partial charge in [0, 0.05) is 17.0 Å². The zero-order chi connectivity index (χ0) is 15.1. The maximum atomic E-state index is 5.21. The molecule has 21 heavy (non-hydrogen) atoms. The number of hydrogen-bond donors (Lipinski definition) is 1. The summed E-state index contributed by atoms with van der Waals surface area (Å²) in [6.45, 7) is 4.55. The summed E-state index contributed by atoms with van der Waals surface area (Å²) in [6.07, 6.45) is 7.70. The first-order chi connectivity index (χ1) is 10.2. The van der Waals surface area contributed by atoms with Gasteiger partial charge < -0.3 is 10.1 Å². The van der Waals surface area contributed by atoms with Crippen LogP contribution < -0.4 is 10.1 Å². The first kappa shape index (κ1) is 16.3. The van der Waals surface area contributed by atoms with E-state index < -0.39 is 0 Å². The number of hydrogen-bond acceptors (Lipinski definition) is 3. The molecule has 0 bridgehead atoms. The summed E-state index contributed by atoms with van der Waals surface area (Å²) in [5, 5.41) is 4.24. The second kappa shape index (κ2) is 8.38. The third-order valence-electron chi connectivity index (χ3n) is 3.98. The average Bonchev–Trinajstić information content (AvgIpc) is 2.54. The Kier molecular flexibility index (Phi) is 6.50. The van der Waals surface area contributed by atoms with Crippen LogP contribution in [0.3, 0.4) is 0 Å². The molecule has 1 aliphatic rings. The lowest BCUT2D eigenvalue weighted by molar-refractivity contribution is 0.415. The molecule has 0 spiro atoms. The van der Waals surface area contributed by atoms with E-state index in [1.165, 1.54) is 31.4 Å². The van der Waals surface area contributed by atoms with Gasteiger partial charge >= 0.3 is 0 Å². The van der Waals surface area contributed by atoms with Crippen LogP contribution in [-0.2, 0) is 0 Å². The van der Waals surface area contributed by atoms with E-state index in [1.807, 2.05) is 12.1 Å². The molecule has 0 saturated carbocycles. The smallest absolute Gasteiger partial charge is 0.119 e. The van der Waals surface area contributed by atoms with Crippen LogP contribution in [0.4, 0.5) is 5.69 Å². The summed E-state index contributed by atoms with van der Waals surface area (Å²) in [6, 6.07) is 8.65. The zero-order valence-corrected chi connectivity index (χ0v) is 14.2. The van der Waals surface area contributed by atoms with Crippen LogP contribution in [0.2, 0.25) is 0 Å². The van der Waals surface area contributed by atoms with Gasteiger partial charge in [0.2, 0.25) is 0 Å². The minimum atomic E-state index is 0.438. The molecule has 116 valence electrons. The predicted octanol–water partition coefficient (Wildman–Crippen LogP) is 5.12. The molecule has 0 aliphatic heterocycles. The average molecular weight is 305 g/mol. The van der Waals surface area contributed by atoms with Crippen molar-refractivity contribution >= 4 is 17.4 Å². The van der Waals surface area contributed by atoms with E-state index in [2.05, 4.69) is 49.1 Å². The first-order valence-corrected chi connectivity index (χ1v) is 9.00.